The van der Waals surface area contributed by atoms with E-state index in [1.165, 1.54) is 11.3 Å². The molecule has 2 aromatic heterocycles. The molecule has 0 atom stereocenters. The van der Waals surface area contributed by atoms with Gasteiger partial charge in [-0.05, 0) is 26.0 Å². The molecule has 2 aromatic rings. The van der Waals surface area contributed by atoms with Gasteiger partial charge in [-0.3, -0.25) is 9.78 Å². The Hall–Kier alpha value is -1.75. The van der Waals surface area contributed by atoms with Gasteiger partial charge in [0.15, 0.2) is 0 Å². The highest BCUT2D eigenvalue weighted by Crippen LogP contribution is 2.26. The fraction of sp³-hybridized carbons (Fsp3) is 0.308. The number of aromatic nitrogens is 2. The Bertz CT molecular complexity index is 549. The van der Waals surface area contributed by atoms with Gasteiger partial charge < -0.3 is 5.11 Å². The summed E-state index contributed by atoms with van der Waals surface area (Å²) >= 11 is 1.49. The van der Waals surface area contributed by atoms with Crippen LogP contribution in [0.3, 0.4) is 0 Å². The van der Waals surface area contributed by atoms with Gasteiger partial charge in [0.05, 0.1) is 16.8 Å². The summed E-state index contributed by atoms with van der Waals surface area (Å²) in [5.74, 6) is -0.810. The zero-order valence-electron chi connectivity index (χ0n) is 10.3. The SMILES string of the molecule is CC(C)(Cc1csc(-c2ccccn2)n1)C(=O)O. The first-order valence-electron chi connectivity index (χ1n) is 5.58. The molecule has 0 radical (unpaired) electrons. The first kappa shape index (κ1) is 12.7. The average molecular weight is 262 g/mol. The molecular weight excluding hydrogens is 248 g/mol. The molecule has 2 rings (SSSR count). The monoisotopic (exact) mass is 262 g/mol. The van der Waals surface area contributed by atoms with E-state index in [9.17, 15) is 4.79 Å². The Kier molecular flexibility index (Phi) is 3.43. The van der Waals surface area contributed by atoms with E-state index in [-0.39, 0.29) is 0 Å². The number of nitrogens with zero attached hydrogens (tertiary/aromatic N) is 2. The maximum absolute atomic E-state index is 11.1. The van der Waals surface area contributed by atoms with Crippen molar-refractivity contribution in [2.24, 2.45) is 5.41 Å². The molecule has 0 aliphatic rings. The predicted molar refractivity (Wildman–Crippen MR) is 70.5 cm³/mol. The Balaban J connectivity index is 2.19. The molecular formula is C13H14N2O2S. The summed E-state index contributed by atoms with van der Waals surface area (Å²) in [4.78, 5) is 19.7. The first-order chi connectivity index (χ1) is 8.49. The topological polar surface area (TPSA) is 63.1 Å². The zero-order valence-corrected chi connectivity index (χ0v) is 11.1. The van der Waals surface area contributed by atoms with Gasteiger partial charge in [0.2, 0.25) is 0 Å². The third-order valence-corrected chi connectivity index (χ3v) is 3.55. The molecule has 0 unspecified atom stereocenters. The summed E-state index contributed by atoms with van der Waals surface area (Å²) in [5, 5.41) is 11.8. The maximum atomic E-state index is 11.1. The van der Waals surface area contributed by atoms with Gasteiger partial charge in [-0.15, -0.1) is 11.3 Å². The first-order valence-corrected chi connectivity index (χ1v) is 6.46. The highest BCUT2D eigenvalue weighted by molar-refractivity contribution is 7.13. The van der Waals surface area contributed by atoms with E-state index in [0.29, 0.717) is 6.42 Å². The summed E-state index contributed by atoms with van der Waals surface area (Å²) in [7, 11) is 0. The third kappa shape index (κ3) is 2.73. The van der Waals surface area contributed by atoms with Crippen LogP contribution in [0.2, 0.25) is 0 Å². The number of carbonyl (C=O) groups is 1. The molecule has 0 aliphatic carbocycles. The molecule has 0 amide bonds. The van der Waals surface area contributed by atoms with Crippen molar-refractivity contribution in [1.82, 2.24) is 9.97 Å². The minimum absolute atomic E-state index is 0.422. The van der Waals surface area contributed by atoms with Crippen LogP contribution in [0.1, 0.15) is 19.5 Å². The molecule has 0 spiro atoms. The molecule has 0 aliphatic heterocycles. The number of rotatable bonds is 4. The second-order valence-corrected chi connectivity index (χ2v) is 5.58. The Morgan fingerprint density at radius 1 is 1.44 bits per heavy atom. The molecule has 0 saturated heterocycles. The van der Waals surface area contributed by atoms with Gasteiger partial charge in [-0.25, -0.2) is 4.98 Å². The van der Waals surface area contributed by atoms with Gasteiger partial charge in [0, 0.05) is 18.0 Å². The Morgan fingerprint density at radius 3 is 2.83 bits per heavy atom. The number of carboxylic acid groups (broad SMARTS) is 1. The summed E-state index contributed by atoms with van der Waals surface area (Å²) < 4.78 is 0. The van der Waals surface area contributed by atoms with Crippen molar-refractivity contribution < 1.29 is 9.90 Å². The number of hydrogen-bond acceptors (Lipinski definition) is 4. The average Bonchev–Trinajstić information content (AvgIpc) is 2.78. The number of thiazole rings is 1. The fourth-order valence-electron chi connectivity index (χ4n) is 1.52. The summed E-state index contributed by atoms with van der Waals surface area (Å²) in [6, 6.07) is 5.65. The van der Waals surface area contributed by atoms with Crippen LogP contribution in [0.5, 0.6) is 0 Å². The summed E-state index contributed by atoms with van der Waals surface area (Å²) in [5.41, 5.74) is 0.824. The largest absolute Gasteiger partial charge is 0.481 e. The van der Waals surface area contributed by atoms with Gasteiger partial charge in [0.1, 0.15) is 5.01 Å². The van der Waals surface area contributed by atoms with Crippen LogP contribution >= 0.6 is 11.3 Å². The highest BCUT2D eigenvalue weighted by atomic mass is 32.1. The molecule has 2 heterocycles. The van der Waals surface area contributed by atoms with E-state index >= 15 is 0 Å². The molecule has 5 heteroatoms. The van der Waals surface area contributed by atoms with Crippen molar-refractivity contribution in [3.05, 3.63) is 35.5 Å². The van der Waals surface area contributed by atoms with E-state index in [1.54, 1.807) is 20.0 Å². The second-order valence-electron chi connectivity index (χ2n) is 4.72. The lowest BCUT2D eigenvalue weighted by Crippen LogP contribution is -2.26. The molecule has 0 bridgehead atoms. The standard InChI is InChI=1S/C13H14N2O2S/c1-13(2,12(16)17)7-9-8-18-11(15-9)10-5-3-4-6-14-10/h3-6,8H,7H2,1-2H3,(H,16,17). The third-order valence-electron chi connectivity index (χ3n) is 2.64. The predicted octanol–water partition coefficient (Wildman–Crippen LogP) is 2.86. The van der Waals surface area contributed by atoms with Crippen molar-refractivity contribution in [1.29, 1.82) is 0 Å². The highest BCUT2D eigenvalue weighted by Gasteiger charge is 2.28. The van der Waals surface area contributed by atoms with E-state index in [2.05, 4.69) is 9.97 Å². The molecule has 18 heavy (non-hydrogen) atoms. The van der Waals surface area contributed by atoms with E-state index in [1.807, 2.05) is 23.6 Å². The number of aliphatic carboxylic acids is 1. The molecule has 4 nitrogen and oxygen atoms in total. The van der Waals surface area contributed by atoms with Gasteiger partial charge in [-0.2, -0.15) is 0 Å². The second kappa shape index (κ2) is 4.86. The maximum Gasteiger partial charge on any atom is 0.309 e. The van der Waals surface area contributed by atoms with Gasteiger partial charge in [0.25, 0.3) is 0 Å². The van der Waals surface area contributed by atoms with E-state index in [0.717, 1.165) is 16.4 Å². The van der Waals surface area contributed by atoms with Crippen LogP contribution in [-0.4, -0.2) is 21.0 Å². The Labute approximate surface area is 109 Å². The van der Waals surface area contributed by atoms with Crippen molar-refractivity contribution in [3.63, 3.8) is 0 Å². The van der Waals surface area contributed by atoms with Crippen LogP contribution in [0.25, 0.3) is 10.7 Å². The van der Waals surface area contributed by atoms with Crippen molar-refractivity contribution in [3.8, 4) is 10.7 Å². The molecule has 0 saturated carbocycles. The summed E-state index contributed by atoms with van der Waals surface area (Å²) in [6.45, 7) is 3.41. The van der Waals surface area contributed by atoms with Crippen molar-refractivity contribution >= 4 is 17.3 Å². The lowest BCUT2D eigenvalue weighted by molar-refractivity contribution is -0.146. The van der Waals surface area contributed by atoms with Gasteiger partial charge >= 0.3 is 5.97 Å². The van der Waals surface area contributed by atoms with Crippen LogP contribution in [0.15, 0.2) is 29.8 Å². The zero-order chi connectivity index (χ0) is 13.2. The minimum Gasteiger partial charge on any atom is -0.481 e. The quantitative estimate of drug-likeness (QED) is 0.920. The Morgan fingerprint density at radius 2 is 2.22 bits per heavy atom. The number of hydrogen-bond donors (Lipinski definition) is 1. The van der Waals surface area contributed by atoms with Crippen molar-refractivity contribution in [2.75, 3.05) is 0 Å². The minimum atomic E-state index is -0.810. The van der Waals surface area contributed by atoms with E-state index < -0.39 is 11.4 Å². The molecule has 1 N–H and O–H groups in total. The normalized spacial score (nSPS) is 11.4. The lowest BCUT2D eigenvalue weighted by atomic mass is 9.88. The molecule has 0 aromatic carbocycles. The van der Waals surface area contributed by atoms with Crippen molar-refractivity contribution in [2.45, 2.75) is 20.3 Å². The van der Waals surface area contributed by atoms with Crippen LogP contribution < -0.4 is 0 Å². The van der Waals surface area contributed by atoms with Crippen LogP contribution in [-0.2, 0) is 11.2 Å². The lowest BCUT2D eigenvalue weighted by Gasteiger charge is -2.16. The molecule has 0 fully saturated rings. The molecule has 94 valence electrons. The van der Waals surface area contributed by atoms with Crippen LogP contribution in [0.4, 0.5) is 0 Å². The smallest absolute Gasteiger partial charge is 0.309 e. The van der Waals surface area contributed by atoms with E-state index in [4.69, 9.17) is 5.11 Å². The number of carboxylic acids is 1. The van der Waals surface area contributed by atoms with Gasteiger partial charge in [-0.1, -0.05) is 6.07 Å². The number of pyridine rings is 1. The fourth-order valence-corrected chi connectivity index (χ4v) is 2.32. The summed E-state index contributed by atoms with van der Waals surface area (Å²) in [6.07, 6.45) is 2.14. The van der Waals surface area contributed by atoms with Crippen LogP contribution in [0, 0.1) is 5.41 Å².